The predicted molar refractivity (Wildman–Crippen MR) is 54.1 cm³/mol. The summed E-state index contributed by atoms with van der Waals surface area (Å²) in [6, 6.07) is 2.15. The predicted octanol–water partition coefficient (Wildman–Crippen LogP) is 0.688. The van der Waals surface area contributed by atoms with Crippen molar-refractivity contribution in [3.05, 3.63) is 17.0 Å². The van der Waals surface area contributed by atoms with E-state index < -0.39 is 28.7 Å². The summed E-state index contributed by atoms with van der Waals surface area (Å²) in [6.07, 6.45) is -4.52. The number of hydrogen-bond donors (Lipinski definition) is 2. The standard InChI is InChI=1S/C7H7F3N2O3S2/c8-7(9,10)3-12-6(13)4-1-2-5(16-4)17(11,14)15/h1-2H,3H2,(H,12,13)(H2,11,14,15). The minimum Gasteiger partial charge on any atom is -0.342 e. The number of amides is 1. The van der Waals surface area contributed by atoms with Gasteiger partial charge in [0.25, 0.3) is 5.91 Å². The van der Waals surface area contributed by atoms with E-state index in [9.17, 15) is 26.4 Å². The van der Waals surface area contributed by atoms with Gasteiger partial charge in [-0.05, 0) is 12.1 Å². The molecule has 0 saturated carbocycles. The molecule has 0 aliphatic rings. The van der Waals surface area contributed by atoms with E-state index in [2.05, 4.69) is 0 Å². The molecule has 17 heavy (non-hydrogen) atoms. The number of thiophene rings is 1. The Morgan fingerprint density at radius 1 is 1.41 bits per heavy atom. The average molecular weight is 288 g/mol. The maximum atomic E-state index is 11.8. The van der Waals surface area contributed by atoms with Gasteiger partial charge in [0, 0.05) is 0 Å². The Morgan fingerprint density at radius 3 is 2.41 bits per heavy atom. The van der Waals surface area contributed by atoms with Crippen molar-refractivity contribution in [1.29, 1.82) is 0 Å². The normalized spacial score (nSPS) is 12.5. The van der Waals surface area contributed by atoms with Gasteiger partial charge in [0.2, 0.25) is 10.0 Å². The highest BCUT2D eigenvalue weighted by Crippen LogP contribution is 2.20. The molecule has 0 atom stereocenters. The number of halogens is 3. The highest BCUT2D eigenvalue weighted by molar-refractivity contribution is 7.91. The monoisotopic (exact) mass is 288 g/mol. The smallest absolute Gasteiger partial charge is 0.342 e. The van der Waals surface area contributed by atoms with Crippen molar-refractivity contribution in [1.82, 2.24) is 5.32 Å². The number of nitrogens with two attached hydrogens (primary N) is 1. The number of alkyl halides is 3. The fourth-order valence-electron chi connectivity index (χ4n) is 0.863. The van der Waals surface area contributed by atoms with Gasteiger partial charge in [0.05, 0.1) is 4.88 Å². The van der Waals surface area contributed by atoms with Gasteiger partial charge < -0.3 is 5.32 Å². The van der Waals surface area contributed by atoms with Crippen LogP contribution in [0.4, 0.5) is 13.2 Å². The molecular weight excluding hydrogens is 281 g/mol. The van der Waals surface area contributed by atoms with Crippen LogP contribution >= 0.6 is 11.3 Å². The summed E-state index contributed by atoms with van der Waals surface area (Å²) in [5.41, 5.74) is 0. The highest BCUT2D eigenvalue weighted by Gasteiger charge is 2.28. The van der Waals surface area contributed by atoms with Crippen molar-refractivity contribution >= 4 is 27.3 Å². The van der Waals surface area contributed by atoms with Crippen LogP contribution in [0.25, 0.3) is 0 Å². The molecule has 1 rings (SSSR count). The summed E-state index contributed by atoms with van der Waals surface area (Å²) in [6.45, 7) is -1.48. The molecule has 0 unspecified atom stereocenters. The largest absolute Gasteiger partial charge is 0.405 e. The lowest BCUT2D eigenvalue weighted by Gasteiger charge is -2.06. The van der Waals surface area contributed by atoms with Gasteiger partial charge in [-0.15, -0.1) is 11.3 Å². The van der Waals surface area contributed by atoms with E-state index in [-0.39, 0.29) is 9.09 Å². The van der Waals surface area contributed by atoms with Crippen molar-refractivity contribution < 1.29 is 26.4 Å². The topological polar surface area (TPSA) is 89.3 Å². The van der Waals surface area contributed by atoms with Crippen LogP contribution in [0, 0.1) is 0 Å². The minimum atomic E-state index is -4.52. The number of carbonyl (C=O) groups is 1. The van der Waals surface area contributed by atoms with E-state index >= 15 is 0 Å². The molecule has 0 aromatic carbocycles. The second kappa shape index (κ2) is 4.63. The third-order valence-corrected chi connectivity index (χ3v) is 4.06. The van der Waals surface area contributed by atoms with Crippen LogP contribution < -0.4 is 10.5 Å². The van der Waals surface area contributed by atoms with Crippen molar-refractivity contribution in [2.24, 2.45) is 5.14 Å². The lowest BCUT2D eigenvalue weighted by Crippen LogP contribution is -2.33. The average Bonchev–Trinajstić information content (AvgIpc) is 2.60. The van der Waals surface area contributed by atoms with Gasteiger partial charge in [0.1, 0.15) is 10.8 Å². The summed E-state index contributed by atoms with van der Waals surface area (Å²) in [7, 11) is -3.94. The van der Waals surface area contributed by atoms with Crippen LogP contribution in [-0.4, -0.2) is 27.0 Å². The van der Waals surface area contributed by atoms with Gasteiger partial charge in [-0.1, -0.05) is 0 Å². The molecule has 0 saturated heterocycles. The maximum absolute atomic E-state index is 11.8. The van der Waals surface area contributed by atoms with Crippen molar-refractivity contribution in [3.63, 3.8) is 0 Å². The quantitative estimate of drug-likeness (QED) is 0.857. The fourth-order valence-corrected chi connectivity index (χ4v) is 2.51. The Labute approximate surface area is 98.5 Å². The van der Waals surface area contributed by atoms with Crippen LogP contribution in [-0.2, 0) is 10.0 Å². The van der Waals surface area contributed by atoms with E-state index in [0.29, 0.717) is 11.3 Å². The van der Waals surface area contributed by atoms with Crippen LogP contribution in [0.5, 0.6) is 0 Å². The summed E-state index contributed by atoms with van der Waals surface area (Å²) >= 11 is 0.506. The second-order valence-electron chi connectivity index (χ2n) is 2.96. The van der Waals surface area contributed by atoms with Gasteiger partial charge in [-0.25, -0.2) is 13.6 Å². The zero-order valence-corrected chi connectivity index (χ0v) is 9.75. The zero-order valence-electron chi connectivity index (χ0n) is 8.11. The SMILES string of the molecule is NS(=O)(=O)c1ccc(C(=O)NCC(F)(F)F)s1. The molecule has 3 N–H and O–H groups in total. The Balaban J connectivity index is 2.75. The summed E-state index contributed by atoms with van der Waals surface area (Å²) < 4.78 is 56.8. The molecule has 10 heteroatoms. The Hall–Kier alpha value is -1.13. The third-order valence-electron chi connectivity index (χ3n) is 1.53. The van der Waals surface area contributed by atoms with E-state index in [1.807, 2.05) is 0 Å². The first-order chi connectivity index (χ1) is 7.59. The Morgan fingerprint density at radius 2 is 2.00 bits per heavy atom. The third kappa shape index (κ3) is 4.32. The molecule has 0 bridgehead atoms. The number of carbonyl (C=O) groups excluding carboxylic acids is 1. The highest BCUT2D eigenvalue weighted by atomic mass is 32.2. The summed E-state index contributed by atoms with van der Waals surface area (Å²) in [5.74, 6) is -0.998. The zero-order chi connectivity index (χ0) is 13.3. The van der Waals surface area contributed by atoms with Gasteiger partial charge >= 0.3 is 6.18 Å². The Bertz CT molecular complexity index is 521. The molecule has 0 spiro atoms. The maximum Gasteiger partial charge on any atom is 0.405 e. The van der Waals surface area contributed by atoms with Crippen LogP contribution in [0.1, 0.15) is 9.67 Å². The first-order valence-electron chi connectivity index (χ1n) is 4.07. The Kier molecular flexibility index (Phi) is 3.79. The second-order valence-corrected chi connectivity index (χ2v) is 5.83. The van der Waals surface area contributed by atoms with E-state index in [1.54, 1.807) is 5.32 Å². The molecule has 1 amide bonds. The van der Waals surface area contributed by atoms with Crippen LogP contribution in [0.15, 0.2) is 16.3 Å². The van der Waals surface area contributed by atoms with Crippen LogP contribution in [0.2, 0.25) is 0 Å². The number of primary sulfonamides is 1. The molecule has 1 heterocycles. The number of nitrogens with one attached hydrogen (secondary N) is 1. The molecule has 0 radical (unpaired) electrons. The summed E-state index contributed by atoms with van der Waals surface area (Å²) in [4.78, 5) is 11.0. The van der Waals surface area contributed by atoms with Gasteiger partial charge in [-0.2, -0.15) is 13.2 Å². The first-order valence-corrected chi connectivity index (χ1v) is 6.43. The fraction of sp³-hybridized carbons (Fsp3) is 0.286. The van der Waals surface area contributed by atoms with E-state index in [0.717, 1.165) is 12.1 Å². The van der Waals surface area contributed by atoms with Crippen molar-refractivity contribution in [2.45, 2.75) is 10.4 Å². The van der Waals surface area contributed by atoms with Crippen LogP contribution in [0.3, 0.4) is 0 Å². The lowest BCUT2D eigenvalue weighted by atomic mass is 10.4. The van der Waals surface area contributed by atoms with Crippen molar-refractivity contribution in [2.75, 3.05) is 6.54 Å². The number of rotatable bonds is 3. The molecule has 0 aliphatic heterocycles. The number of sulfonamides is 1. The lowest BCUT2D eigenvalue weighted by molar-refractivity contribution is -0.123. The van der Waals surface area contributed by atoms with Gasteiger partial charge in [0.15, 0.2) is 0 Å². The molecule has 1 aromatic heterocycles. The minimum absolute atomic E-state index is 0.154. The molecular formula is C7H7F3N2O3S2. The van der Waals surface area contributed by atoms with Gasteiger partial charge in [-0.3, -0.25) is 4.79 Å². The first kappa shape index (κ1) is 13.9. The molecule has 0 aliphatic carbocycles. The molecule has 5 nitrogen and oxygen atoms in total. The van der Waals surface area contributed by atoms with E-state index in [1.165, 1.54) is 0 Å². The molecule has 96 valence electrons. The summed E-state index contributed by atoms with van der Waals surface area (Å²) in [5, 5.41) is 6.40. The number of hydrogen-bond acceptors (Lipinski definition) is 4. The van der Waals surface area contributed by atoms with E-state index in [4.69, 9.17) is 5.14 Å². The van der Waals surface area contributed by atoms with Crippen molar-refractivity contribution in [3.8, 4) is 0 Å². The molecule has 1 aromatic rings. The molecule has 0 fully saturated rings.